The lowest BCUT2D eigenvalue weighted by atomic mass is 10.1. The summed E-state index contributed by atoms with van der Waals surface area (Å²) in [6.45, 7) is 5.74. The predicted molar refractivity (Wildman–Crippen MR) is 76.6 cm³/mol. The summed E-state index contributed by atoms with van der Waals surface area (Å²) in [7, 11) is 0. The number of rotatable bonds is 5. The fraction of sp³-hybridized carbons (Fsp3) is 0.118. The van der Waals surface area contributed by atoms with E-state index in [1.54, 1.807) is 12.1 Å². The lowest BCUT2D eigenvalue weighted by Crippen LogP contribution is -2.05. The number of carbonyl (C=O) groups is 1. The van der Waals surface area contributed by atoms with E-state index in [0.29, 0.717) is 5.56 Å². The van der Waals surface area contributed by atoms with Crippen molar-refractivity contribution in [1.29, 1.82) is 0 Å². The van der Waals surface area contributed by atoms with Gasteiger partial charge in [-0.15, -0.1) is 0 Å². The minimum atomic E-state index is -0.193. The molecule has 19 heavy (non-hydrogen) atoms. The molecule has 2 aromatic rings. The third-order valence-electron chi connectivity index (χ3n) is 2.93. The number of hydrogen-bond acceptors (Lipinski definition) is 2. The Hall–Kier alpha value is -2.35. The Labute approximate surface area is 113 Å². The highest BCUT2D eigenvalue weighted by atomic mass is 16.5. The normalized spacial score (nSPS) is 11.6. The fourth-order valence-electron chi connectivity index (χ4n) is 1.91. The maximum atomic E-state index is 10.7. The van der Waals surface area contributed by atoms with E-state index in [1.807, 2.05) is 49.4 Å². The summed E-state index contributed by atoms with van der Waals surface area (Å²) in [6, 6.07) is 15.3. The summed E-state index contributed by atoms with van der Waals surface area (Å²) in [5.41, 5.74) is 2.64. The van der Waals surface area contributed by atoms with Crippen LogP contribution in [0.3, 0.4) is 0 Å². The van der Waals surface area contributed by atoms with Crippen molar-refractivity contribution in [2.75, 3.05) is 0 Å². The van der Waals surface area contributed by atoms with Crippen molar-refractivity contribution in [3.63, 3.8) is 0 Å². The first-order valence-corrected chi connectivity index (χ1v) is 6.14. The summed E-state index contributed by atoms with van der Waals surface area (Å²) >= 11 is 0. The molecule has 0 N–H and O–H groups in total. The van der Waals surface area contributed by atoms with Gasteiger partial charge in [-0.25, -0.2) is 0 Å². The van der Waals surface area contributed by atoms with Crippen LogP contribution in [-0.2, 0) is 0 Å². The highest BCUT2D eigenvalue weighted by molar-refractivity contribution is 5.75. The van der Waals surface area contributed by atoms with Crippen LogP contribution in [0.2, 0.25) is 0 Å². The molecule has 0 fully saturated rings. The Morgan fingerprint density at radius 2 is 1.89 bits per heavy atom. The summed E-state index contributed by atoms with van der Waals surface area (Å²) in [4.78, 5) is 10.7. The van der Waals surface area contributed by atoms with Crippen LogP contribution in [0.25, 0.3) is 0 Å². The topological polar surface area (TPSA) is 26.3 Å². The number of aldehydes is 1. The molecule has 96 valence electrons. The molecule has 0 amide bonds. The van der Waals surface area contributed by atoms with E-state index in [0.717, 1.165) is 23.2 Å². The molecule has 0 radical (unpaired) electrons. The summed E-state index contributed by atoms with van der Waals surface area (Å²) in [5, 5.41) is 0. The Morgan fingerprint density at radius 1 is 1.16 bits per heavy atom. The van der Waals surface area contributed by atoms with Crippen LogP contribution in [0.5, 0.6) is 5.75 Å². The molecule has 0 aromatic heterocycles. The minimum Gasteiger partial charge on any atom is -0.481 e. The molecule has 0 aliphatic carbocycles. The van der Waals surface area contributed by atoms with Gasteiger partial charge < -0.3 is 4.74 Å². The van der Waals surface area contributed by atoms with Crippen LogP contribution >= 0.6 is 0 Å². The van der Waals surface area contributed by atoms with Crippen molar-refractivity contribution in [2.24, 2.45) is 0 Å². The van der Waals surface area contributed by atoms with Gasteiger partial charge in [0.2, 0.25) is 0 Å². The van der Waals surface area contributed by atoms with Crippen LogP contribution in [0.4, 0.5) is 0 Å². The molecule has 0 bridgehead atoms. The molecule has 1 unspecified atom stereocenters. The molecule has 0 aliphatic heterocycles. The third-order valence-corrected chi connectivity index (χ3v) is 2.93. The fourth-order valence-corrected chi connectivity index (χ4v) is 1.91. The van der Waals surface area contributed by atoms with Crippen LogP contribution in [-0.4, -0.2) is 6.29 Å². The zero-order valence-electron chi connectivity index (χ0n) is 10.9. The van der Waals surface area contributed by atoms with Gasteiger partial charge in [-0.2, -0.15) is 0 Å². The second kappa shape index (κ2) is 6.01. The van der Waals surface area contributed by atoms with E-state index in [1.165, 1.54) is 0 Å². The van der Waals surface area contributed by atoms with Crippen LogP contribution < -0.4 is 4.74 Å². The number of carbonyl (C=O) groups excluding carboxylic acids is 1. The van der Waals surface area contributed by atoms with E-state index in [9.17, 15) is 4.79 Å². The number of benzene rings is 2. The zero-order chi connectivity index (χ0) is 13.7. The van der Waals surface area contributed by atoms with Gasteiger partial charge >= 0.3 is 0 Å². The van der Waals surface area contributed by atoms with Crippen LogP contribution in [0.15, 0.2) is 61.2 Å². The number of ether oxygens (including phenoxy) is 1. The lowest BCUT2D eigenvalue weighted by Gasteiger charge is -2.17. The first-order valence-electron chi connectivity index (χ1n) is 6.14. The lowest BCUT2D eigenvalue weighted by molar-refractivity contribution is 0.112. The minimum absolute atomic E-state index is 0.193. The van der Waals surface area contributed by atoms with Crippen molar-refractivity contribution >= 4 is 6.29 Å². The molecule has 2 rings (SSSR count). The van der Waals surface area contributed by atoms with E-state index in [-0.39, 0.29) is 6.10 Å². The first kappa shape index (κ1) is 13.1. The molecule has 0 spiro atoms. The predicted octanol–water partition coefficient (Wildman–Crippen LogP) is 4.11. The van der Waals surface area contributed by atoms with Crippen molar-refractivity contribution < 1.29 is 9.53 Å². The summed E-state index contributed by atoms with van der Waals surface area (Å²) < 4.78 is 5.95. The van der Waals surface area contributed by atoms with E-state index < -0.39 is 0 Å². The van der Waals surface area contributed by atoms with Gasteiger partial charge in [0.25, 0.3) is 0 Å². The molecule has 0 aliphatic rings. The summed E-state index contributed by atoms with van der Waals surface area (Å²) in [5.74, 6) is 0.763. The van der Waals surface area contributed by atoms with Crippen LogP contribution in [0, 0.1) is 6.92 Å². The molecule has 2 heteroatoms. The molecule has 2 nitrogen and oxygen atoms in total. The van der Waals surface area contributed by atoms with Gasteiger partial charge in [-0.3, -0.25) is 4.79 Å². The Kier molecular flexibility index (Phi) is 4.14. The van der Waals surface area contributed by atoms with E-state index in [2.05, 4.69) is 6.58 Å². The highest BCUT2D eigenvalue weighted by Gasteiger charge is 2.10. The molecule has 0 saturated heterocycles. The Balaban J connectivity index is 2.24. The maximum absolute atomic E-state index is 10.7. The Morgan fingerprint density at radius 3 is 2.47 bits per heavy atom. The molecular formula is C17H16O2. The first-order chi connectivity index (χ1) is 9.24. The molecule has 2 aromatic carbocycles. The van der Waals surface area contributed by atoms with Gasteiger partial charge in [-0.1, -0.05) is 36.9 Å². The highest BCUT2D eigenvalue weighted by Crippen LogP contribution is 2.26. The second-order valence-electron chi connectivity index (χ2n) is 4.33. The Bertz CT molecular complexity index is 573. The van der Waals surface area contributed by atoms with Crippen molar-refractivity contribution in [1.82, 2.24) is 0 Å². The van der Waals surface area contributed by atoms with Gasteiger partial charge in [0.15, 0.2) is 0 Å². The molecule has 0 heterocycles. The molecule has 1 atom stereocenters. The average Bonchev–Trinajstić information content (AvgIpc) is 2.47. The monoisotopic (exact) mass is 252 g/mol. The van der Waals surface area contributed by atoms with Crippen LogP contribution in [0.1, 0.15) is 27.6 Å². The average molecular weight is 252 g/mol. The van der Waals surface area contributed by atoms with Gasteiger partial charge in [-0.05, 0) is 42.3 Å². The maximum Gasteiger partial charge on any atom is 0.150 e. The smallest absolute Gasteiger partial charge is 0.150 e. The van der Waals surface area contributed by atoms with E-state index >= 15 is 0 Å². The van der Waals surface area contributed by atoms with E-state index in [4.69, 9.17) is 4.74 Å². The largest absolute Gasteiger partial charge is 0.481 e. The van der Waals surface area contributed by atoms with Gasteiger partial charge in [0.05, 0.1) is 0 Å². The standard InChI is InChI=1S/C17H16O2/c1-3-16(15-7-5-4-6-8-15)19-17-10-9-14(12-18)11-13(17)2/h3-12,16H,1H2,2H3. The van der Waals surface area contributed by atoms with Crippen molar-refractivity contribution in [3.8, 4) is 5.75 Å². The molecule has 0 saturated carbocycles. The number of hydrogen-bond donors (Lipinski definition) is 0. The van der Waals surface area contributed by atoms with Gasteiger partial charge in [0.1, 0.15) is 18.1 Å². The summed E-state index contributed by atoms with van der Waals surface area (Å²) in [6.07, 6.45) is 2.41. The van der Waals surface area contributed by atoms with Gasteiger partial charge in [0, 0.05) is 5.56 Å². The van der Waals surface area contributed by atoms with Crippen molar-refractivity contribution in [2.45, 2.75) is 13.0 Å². The molecular weight excluding hydrogens is 236 g/mol. The quantitative estimate of drug-likeness (QED) is 0.591. The zero-order valence-corrected chi connectivity index (χ0v) is 10.9. The SMILES string of the molecule is C=CC(Oc1ccc(C=O)cc1C)c1ccccc1. The second-order valence-corrected chi connectivity index (χ2v) is 4.33. The van der Waals surface area contributed by atoms with Crippen molar-refractivity contribution in [3.05, 3.63) is 77.9 Å². The third kappa shape index (κ3) is 3.10. The number of aryl methyl sites for hydroxylation is 1.